The van der Waals surface area contributed by atoms with E-state index in [1.54, 1.807) is 48.5 Å². The van der Waals surface area contributed by atoms with E-state index in [0.29, 0.717) is 17.2 Å². The molecule has 0 atom stereocenters. The molecule has 0 amide bonds. The third-order valence-electron chi connectivity index (χ3n) is 3.77. The molecule has 3 rings (SSSR count). The largest absolute Gasteiger partial charge is 0.497 e. The van der Waals surface area contributed by atoms with Crippen molar-refractivity contribution in [1.82, 2.24) is 0 Å². The maximum atomic E-state index is 12.9. The Hall–Kier alpha value is -3.06. The summed E-state index contributed by atoms with van der Waals surface area (Å²) in [6.45, 7) is 0.245. The number of halogens is 1. The van der Waals surface area contributed by atoms with Crippen molar-refractivity contribution in [1.29, 1.82) is 0 Å². The number of benzene rings is 3. The van der Waals surface area contributed by atoms with Crippen molar-refractivity contribution in [3.05, 3.63) is 84.2 Å². The molecule has 0 aliphatic rings. The third kappa shape index (κ3) is 4.98. The molecule has 0 saturated carbocycles. The van der Waals surface area contributed by atoms with Crippen LogP contribution in [0.2, 0.25) is 0 Å². The first-order valence-corrected chi connectivity index (χ1v) is 9.59. The lowest BCUT2D eigenvalue weighted by molar-refractivity contribution is 0.306. The number of hydrogen-bond donors (Lipinski definition) is 1. The van der Waals surface area contributed by atoms with Gasteiger partial charge in [-0.05, 0) is 54.1 Å². The molecule has 0 bridgehead atoms. The predicted octanol–water partition coefficient (Wildman–Crippen LogP) is 4.21. The standard InChI is InChI=1S/C20H18FNO4S/c1-25-18-9-11-20(12-10-18)27(23,24)22-17-3-2-4-19(13-17)26-14-15-5-7-16(21)8-6-15/h2-13,22H,14H2,1H3. The number of ether oxygens (including phenoxy) is 2. The molecule has 27 heavy (non-hydrogen) atoms. The van der Waals surface area contributed by atoms with Gasteiger partial charge in [-0.1, -0.05) is 18.2 Å². The fourth-order valence-corrected chi connectivity index (χ4v) is 3.42. The minimum atomic E-state index is -3.73. The van der Waals surface area contributed by atoms with Crippen LogP contribution >= 0.6 is 0 Å². The molecule has 0 saturated heterocycles. The lowest BCUT2D eigenvalue weighted by Gasteiger charge is -2.11. The topological polar surface area (TPSA) is 64.6 Å². The highest BCUT2D eigenvalue weighted by atomic mass is 32.2. The summed E-state index contributed by atoms with van der Waals surface area (Å²) in [5.74, 6) is 0.757. The molecule has 0 fully saturated rings. The Bertz CT molecular complexity index is 1000. The van der Waals surface area contributed by atoms with Gasteiger partial charge in [-0.3, -0.25) is 4.72 Å². The first kappa shape index (κ1) is 18.7. The molecule has 7 heteroatoms. The molecule has 140 valence electrons. The van der Waals surface area contributed by atoms with Crippen LogP contribution in [0.5, 0.6) is 11.5 Å². The summed E-state index contributed by atoms with van der Waals surface area (Å²) in [5.41, 5.74) is 1.18. The summed E-state index contributed by atoms with van der Waals surface area (Å²) in [7, 11) is -2.22. The van der Waals surface area contributed by atoms with Crippen molar-refractivity contribution in [3.63, 3.8) is 0 Å². The van der Waals surface area contributed by atoms with Gasteiger partial charge in [0.25, 0.3) is 10.0 Å². The zero-order valence-corrected chi connectivity index (χ0v) is 15.4. The predicted molar refractivity (Wildman–Crippen MR) is 101 cm³/mol. The highest BCUT2D eigenvalue weighted by molar-refractivity contribution is 7.92. The molecule has 1 N–H and O–H groups in total. The van der Waals surface area contributed by atoms with Gasteiger partial charge in [0, 0.05) is 6.07 Å². The minimum absolute atomic E-state index is 0.126. The van der Waals surface area contributed by atoms with Crippen LogP contribution in [0.15, 0.2) is 77.7 Å². The summed E-state index contributed by atoms with van der Waals surface area (Å²) in [6.07, 6.45) is 0. The second kappa shape index (κ2) is 8.09. The van der Waals surface area contributed by atoms with E-state index >= 15 is 0 Å². The number of hydrogen-bond acceptors (Lipinski definition) is 4. The molecular weight excluding hydrogens is 369 g/mol. The average molecular weight is 387 g/mol. The third-order valence-corrected chi connectivity index (χ3v) is 5.17. The van der Waals surface area contributed by atoms with Crippen LogP contribution in [-0.4, -0.2) is 15.5 Å². The molecule has 0 heterocycles. The molecule has 0 radical (unpaired) electrons. The van der Waals surface area contributed by atoms with E-state index in [9.17, 15) is 12.8 Å². The summed E-state index contributed by atoms with van der Waals surface area (Å²) in [5, 5.41) is 0. The van der Waals surface area contributed by atoms with Gasteiger partial charge in [-0.25, -0.2) is 12.8 Å². The first-order valence-electron chi connectivity index (χ1n) is 8.10. The van der Waals surface area contributed by atoms with E-state index in [0.717, 1.165) is 5.56 Å². The maximum Gasteiger partial charge on any atom is 0.261 e. The van der Waals surface area contributed by atoms with Crippen molar-refractivity contribution in [2.45, 2.75) is 11.5 Å². The fourth-order valence-electron chi connectivity index (χ4n) is 2.37. The zero-order chi connectivity index (χ0) is 19.3. The highest BCUT2D eigenvalue weighted by Crippen LogP contribution is 2.23. The SMILES string of the molecule is COc1ccc(S(=O)(=O)Nc2cccc(OCc3ccc(F)cc3)c2)cc1. The van der Waals surface area contributed by atoms with E-state index in [4.69, 9.17) is 9.47 Å². The smallest absolute Gasteiger partial charge is 0.261 e. The normalized spacial score (nSPS) is 11.0. The van der Waals surface area contributed by atoms with Gasteiger partial charge in [-0.15, -0.1) is 0 Å². The number of methoxy groups -OCH3 is 1. The van der Waals surface area contributed by atoms with Crippen LogP contribution in [-0.2, 0) is 16.6 Å². The molecule has 0 aromatic heterocycles. The molecule has 0 aliphatic heterocycles. The van der Waals surface area contributed by atoms with Crippen molar-refractivity contribution in [2.75, 3.05) is 11.8 Å². The first-order chi connectivity index (χ1) is 13.0. The Morgan fingerprint density at radius 3 is 2.30 bits per heavy atom. The van der Waals surface area contributed by atoms with Gasteiger partial charge < -0.3 is 9.47 Å². The Labute approximate surface area is 157 Å². The second-order valence-corrected chi connectivity index (χ2v) is 7.41. The Balaban J connectivity index is 1.69. The van der Waals surface area contributed by atoms with Crippen LogP contribution in [0.4, 0.5) is 10.1 Å². The van der Waals surface area contributed by atoms with Crippen LogP contribution in [0, 0.1) is 5.82 Å². The monoisotopic (exact) mass is 387 g/mol. The van der Waals surface area contributed by atoms with Gasteiger partial charge >= 0.3 is 0 Å². The lowest BCUT2D eigenvalue weighted by Crippen LogP contribution is -2.12. The van der Waals surface area contributed by atoms with E-state index in [-0.39, 0.29) is 17.3 Å². The van der Waals surface area contributed by atoms with Crippen molar-refractivity contribution in [2.24, 2.45) is 0 Å². The van der Waals surface area contributed by atoms with E-state index in [1.807, 2.05) is 0 Å². The molecule has 3 aromatic carbocycles. The lowest BCUT2D eigenvalue weighted by atomic mass is 10.2. The Kier molecular flexibility index (Phi) is 5.61. The number of anilines is 1. The highest BCUT2D eigenvalue weighted by Gasteiger charge is 2.14. The van der Waals surface area contributed by atoms with Gasteiger partial charge in [0.2, 0.25) is 0 Å². The number of nitrogens with one attached hydrogen (secondary N) is 1. The average Bonchev–Trinajstić information content (AvgIpc) is 2.67. The molecule has 0 spiro atoms. The van der Waals surface area contributed by atoms with Crippen LogP contribution in [0.25, 0.3) is 0 Å². The minimum Gasteiger partial charge on any atom is -0.497 e. The zero-order valence-electron chi connectivity index (χ0n) is 14.6. The molecule has 0 unspecified atom stereocenters. The van der Waals surface area contributed by atoms with Crippen molar-refractivity contribution in [3.8, 4) is 11.5 Å². The quantitative estimate of drug-likeness (QED) is 0.659. The van der Waals surface area contributed by atoms with Crippen LogP contribution in [0.1, 0.15) is 5.56 Å². The van der Waals surface area contributed by atoms with Crippen LogP contribution in [0.3, 0.4) is 0 Å². The number of rotatable bonds is 7. The Morgan fingerprint density at radius 1 is 0.926 bits per heavy atom. The summed E-state index contributed by atoms with van der Waals surface area (Å²) >= 11 is 0. The van der Waals surface area contributed by atoms with Gasteiger partial charge in [0.1, 0.15) is 23.9 Å². The van der Waals surface area contributed by atoms with E-state index in [2.05, 4.69) is 4.72 Å². The van der Waals surface area contributed by atoms with Crippen LogP contribution < -0.4 is 14.2 Å². The molecular formula is C20H18FNO4S. The maximum absolute atomic E-state index is 12.9. The Morgan fingerprint density at radius 2 is 1.63 bits per heavy atom. The summed E-state index contributed by atoms with van der Waals surface area (Å²) < 4.78 is 51.1. The second-order valence-electron chi connectivity index (χ2n) is 5.72. The number of sulfonamides is 1. The fraction of sp³-hybridized carbons (Fsp3) is 0.100. The summed E-state index contributed by atoms with van der Waals surface area (Å²) in [6, 6.07) is 18.7. The van der Waals surface area contributed by atoms with Gasteiger partial charge in [0.15, 0.2) is 0 Å². The molecule has 5 nitrogen and oxygen atoms in total. The molecule has 0 aliphatic carbocycles. The van der Waals surface area contributed by atoms with Gasteiger partial charge in [0.05, 0.1) is 17.7 Å². The van der Waals surface area contributed by atoms with E-state index < -0.39 is 10.0 Å². The molecule has 3 aromatic rings. The summed E-state index contributed by atoms with van der Waals surface area (Å²) in [4.78, 5) is 0.126. The van der Waals surface area contributed by atoms with E-state index in [1.165, 1.54) is 31.4 Å². The van der Waals surface area contributed by atoms with Crippen molar-refractivity contribution < 1.29 is 22.3 Å². The van der Waals surface area contributed by atoms with Crippen molar-refractivity contribution >= 4 is 15.7 Å². The van der Waals surface area contributed by atoms with Gasteiger partial charge in [-0.2, -0.15) is 0 Å².